The molecule has 19 heavy (non-hydrogen) atoms. The zero-order valence-corrected chi connectivity index (χ0v) is 12.2. The molecule has 0 heterocycles. The van der Waals surface area contributed by atoms with Crippen LogP contribution in [0.2, 0.25) is 0 Å². The Kier molecular flexibility index (Phi) is 6.94. The van der Waals surface area contributed by atoms with Crippen molar-refractivity contribution < 1.29 is 9.53 Å². The minimum absolute atomic E-state index is 0.252. The summed E-state index contributed by atoms with van der Waals surface area (Å²) in [6.07, 6.45) is 6.37. The van der Waals surface area contributed by atoms with E-state index >= 15 is 0 Å². The van der Waals surface area contributed by atoms with Crippen molar-refractivity contribution in [3.05, 3.63) is 35.4 Å². The van der Waals surface area contributed by atoms with Gasteiger partial charge in [-0.15, -0.1) is 0 Å². The number of rotatable bonds is 8. The van der Waals surface area contributed by atoms with Crippen LogP contribution in [-0.4, -0.2) is 12.9 Å². The van der Waals surface area contributed by atoms with Crippen LogP contribution >= 0.6 is 0 Å². The molecule has 0 N–H and O–H groups in total. The van der Waals surface area contributed by atoms with Crippen LogP contribution in [0.15, 0.2) is 29.8 Å². The molecule has 0 aliphatic carbocycles. The maximum atomic E-state index is 10.9. The fourth-order valence-electron chi connectivity index (χ4n) is 1.73. The van der Waals surface area contributed by atoms with Gasteiger partial charge in [0.2, 0.25) is 0 Å². The molecule has 2 nitrogen and oxygen atoms in total. The molecular formula is C17H24O2. The highest BCUT2D eigenvalue weighted by Gasteiger charge is 2.01. The molecule has 104 valence electrons. The smallest absolute Gasteiger partial charge is 0.146 e. The highest BCUT2D eigenvalue weighted by Crippen LogP contribution is 2.17. The zero-order valence-electron chi connectivity index (χ0n) is 12.2. The van der Waals surface area contributed by atoms with Crippen molar-refractivity contribution in [3.8, 4) is 5.75 Å². The molecule has 0 spiro atoms. The average Bonchev–Trinajstić information content (AvgIpc) is 2.42. The Hall–Kier alpha value is -1.57. The molecule has 0 atom stereocenters. The molecule has 0 fully saturated rings. The second-order valence-corrected chi connectivity index (χ2v) is 5.04. The zero-order chi connectivity index (χ0) is 14.1. The Balaban J connectivity index is 2.58. The third-order valence-electron chi connectivity index (χ3n) is 3.03. The van der Waals surface area contributed by atoms with Gasteiger partial charge in [-0.2, -0.15) is 0 Å². The molecule has 0 aliphatic rings. The van der Waals surface area contributed by atoms with Crippen LogP contribution in [0.5, 0.6) is 5.75 Å². The van der Waals surface area contributed by atoms with Gasteiger partial charge < -0.3 is 4.74 Å². The van der Waals surface area contributed by atoms with E-state index < -0.39 is 0 Å². The Labute approximate surface area is 116 Å². The number of aldehydes is 1. The van der Waals surface area contributed by atoms with Crippen LogP contribution in [-0.2, 0) is 4.79 Å². The Morgan fingerprint density at radius 2 is 1.89 bits per heavy atom. The van der Waals surface area contributed by atoms with Crippen LogP contribution < -0.4 is 4.74 Å². The number of allylic oxidation sites excluding steroid dienone is 1. The van der Waals surface area contributed by atoms with E-state index in [-0.39, 0.29) is 5.92 Å². The molecule has 1 aromatic carbocycles. The first-order chi connectivity index (χ1) is 9.17. The van der Waals surface area contributed by atoms with E-state index in [1.807, 2.05) is 44.2 Å². The first-order valence-electron chi connectivity index (χ1n) is 7.07. The summed E-state index contributed by atoms with van der Waals surface area (Å²) in [5.74, 6) is 1.15. The van der Waals surface area contributed by atoms with Crippen LogP contribution in [0.1, 0.15) is 45.6 Å². The van der Waals surface area contributed by atoms with Gasteiger partial charge in [0.15, 0.2) is 0 Å². The number of carbonyl (C=O) groups excluding carboxylic acids is 1. The number of unbranched alkanes of at least 4 members (excludes halogenated alkanes) is 2. The minimum atomic E-state index is 0.252. The van der Waals surface area contributed by atoms with E-state index in [2.05, 4.69) is 6.92 Å². The van der Waals surface area contributed by atoms with Gasteiger partial charge in [-0.3, -0.25) is 4.79 Å². The van der Waals surface area contributed by atoms with E-state index in [1.54, 1.807) is 0 Å². The van der Waals surface area contributed by atoms with Crippen LogP contribution in [0.3, 0.4) is 0 Å². The molecule has 1 rings (SSSR count). The van der Waals surface area contributed by atoms with Crippen molar-refractivity contribution in [2.24, 2.45) is 5.92 Å². The molecule has 2 heteroatoms. The quantitative estimate of drug-likeness (QED) is 0.391. The number of hydrogen-bond acceptors (Lipinski definition) is 2. The molecule has 0 aromatic heterocycles. The van der Waals surface area contributed by atoms with Crippen molar-refractivity contribution in [3.63, 3.8) is 0 Å². The SMILES string of the molecule is CCCCCOc1ccc(C=C(C=O)C(C)C)cc1. The van der Waals surface area contributed by atoms with Crippen LogP contribution in [0, 0.1) is 5.92 Å². The van der Waals surface area contributed by atoms with Gasteiger partial charge in [-0.25, -0.2) is 0 Å². The predicted molar refractivity (Wildman–Crippen MR) is 80.3 cm³/mol. The lowest BCUT2D eigenvalue weighted by atomic mass is 10.0. The summed E-state index contributed by atoms with van der Waals surface area (Å²) < 4.78 is 5.65. The van der Waals surface area contributed by atoms with Crippen molar-refractivity contribution in [2.45, 2.75) is 40.0 Å². The molecule has 0 saturated carbocycles. The Morgan fingerprint density at radius 3 is 2.42 bits per heavy atom. The summed E-state index contributed by atoms with van der Waals surface area (Å²) in [5.41, 5.74) is 1.85. The maximum absolute atomic E-state index is 10.9. The first-order valence-corrected chi connectivity index (χ1v) is 7.07. The second-order valence-electron chi connectivity index (χ2n) is 5.04. The fraction of sp³-hybridized carbons (Fsp3) is 0.471. The maximum Gasteiger partial charge on any atom is 0.146 e. The minimum Gasteiger partial charge on any atom is -0.494 e. The van der Waals surface area contributed by atoms with E-state index in [9.17, 15) is 4.79 Å². The van der Waals surface area contributed by atoms with E-state index in [4.69, 9.17) is 4.74 Å². The normalized spacial score (nSPS) is 11.7. The fourth-order valence-corrected chi connectivity index (χ4v) is 1.73. The molecular weight excluding hydrogens is 236 g/mol. The predicted octanol–water partition coefficient (Wildman–Crippen LogP) is 4.49. The summed E-state index contributed by atoms with van der Waals surface area (Å²) in [6.45, 7) is 6.99. The van der Waals surface area contributed by atoms with Crippen molar-refractivity contribution in [1.29, 1.82) is 0 Å². The van der Waals surface area contributed by atoms with Gasteiger partial charge >= 0.3 is 0 Å². The first kappa shape index (κ1) is 15.5. The summed E-state index contributed by atoms with van der Waals surface area (Å²) in [4.78, 5) is 10.9. The number of ether oxygens (including phenoxy) is 1. The molecule has 1 aromatic rings. The van der Waals surface area contributed by atoms with Gasteiger partial charge in [-0.1, -0.05) is 45.7 Å². The van der Waals surface area contributed by atoms with Gasteiger partial charge in [0, 0.05) is 0 Å². The lowest BCUT2D eigenvalue weighted by Gasteiger charge is -2.07. The molecule has 0 amide bonds. The Morgan fingerprint density at radius 1 is 1.21 bits per heavy atom. The third-order valence-corrected chi connectivity index (χ3v) is 3.03. The van der Waals surface area contributed by atoms with Gasteiger partial charge in [0.25, 0.3) is 0 Å². The molecule has 0 bridgehead atoms. The van der Waals surface area contributed by atoms with Crippen molar-refractivity contribution in [2.75, 3.05) is 6.61 Å². The lowest BCUT2D eigenvalue weighted by Crippen LogP contribution is -1.97. The second kappa shape index (κ2) is 8.52. The lowest BCUT2D eigenvalue weighted by molar-refractivity contribution is -0.105. The summed E-state index contributed by atoms with van der Waals surface area (Å²) >= 11 is 0. The Bertz CT molecular complexity index is 402. The molecule has 0 unspecified atom stereocenters. The monoisotopic (exact) mass is 260 g/mol. The molecule has 0 radical (unpaired) electrons. The van der Waals surface area contributed by atoms with Gasteiger partial charge in [-0.05, 0) is 41.7 Å². The van der Waals surface area contributed by atoms with Crippen LogP contribution in [0.4, 0.5) is 0 Å². The summed E-state index contributed by atoms with van der Waals surface area (Å²) in [6, 6.07) is 7.89. The third kappa shape index (κ3) is 5.73. The summed E-state index contributed by atoms with van der Waals surface area (Å²) in [7, 11) is 0. The van der Waals surface area contributed by atoms with E-state index in [0.29, 0.717) is 0 Å². The number of carbonyl (C=O) groups is 1. The average molecular weight is 260 g/mol. The van der Waals surface area contributed by atoms with E-state index in [0.717, 1.165) is 36.2 Å². The molecule has 0 saturated heterocycles. The molecule has 0 aliphatic heterocycles. The van der Waals surface area contributed by atoms with E-state index in [1.165, 1.54) is 12.8 Å². The number of hydrogen-bond donors (Lipinski definition) is 0. The standard InChI is InChI=1S/C17H24O2/c1-4-5-6-11-19-17-9-7-15(8-10-17)12-16(13-18)14(2)3/h7-10,12-14H,4-6,11H2,1-3H3. The highest BCUT2D eigenvalue weighted by atomic mass is 16.5. The summed E-state index contributed by atoms with van der Waals surface area (Å²) in [5, 5.41) is 0. The van der Waals surface area contributed by atoms with Crippen molar-refractivity contribution in [1.82, 2.24) is 0 Å². The largest absolute Gasteiger partial charge is 0.494 e. The van der Waals surface area contributed by atoms with Crippen LogP contribution in [0.25, 0.3) is 6.08 Å². The topological polar surface area (TPSA) is 26.3 Å². The van der Waals surface area contributed by atoms with Crippen molar-refractivity contribution >= 4 is 12.4 Å². The van der Waals surface area contributed by atoms with Gasteiger partial charge in [0.05, 0.1) is 6.61 Å². The number of benzene rings is 1. The van der Waals surface area contributed by atoms with Gasteiger partial charge in [0.1, 0.15) is 12.0 Å². The highest BCUT2D eigenvalue weighted by molar-refractivity contribution is 5.82.